The van der Waals surface area contributed by atoms with Crippen molar-refractivity contribution in [3.63, 3.8) is 0 Å². The molecule has 2 rings (SSSR count). The van der Waals surface area contributed by atoms with Crippen LogP contribution < -0.4 is 61.2 Å². The van der Waals surface area contributed by atoms with E-state index in [1.807, 2.05) is 6.07 Å². The zero-order valence-corrected chi connectivity index (χ0v) is 22.7. The Hall–Kier alpha value is -0.414. The van der Waals surface area contributed by atoms with Gasteiger partial charge >= 0.3 is 51.4 Å². The minimum atomic E-state index is -4.25. The Balaban J connectivity index is 0.00000480. The van der Waals surface area contributed by atoms with E-state index in [2.05, 4.69) is 6.92 Å². The normalized spacial score (nSPS) is 11.2. The van der Waals surface area contributed by atoms with Crippen molar-refractivity contribution in [1.29, 1.82) is 0 Å². The average molecular weight is 473 g/mol. The van der Waals surface area contributed by atoms with Crippen molar-refractivity contribution in [3.05, 3.63) is 48.0 Å². The number of unbranched alkanes of at least 4 members (excludes halogenated alkanes) is 9. The molecule has 7 heteroatoms. The summed E-state index contributed by atoms with van der Waals surface area (Å²) in [7, 11) is -4.25. The molecule has 5 nitrogen and oxygen atoms in total. The van der Waals surface area contributed by atoms with Gasteiger partial charge in [0.2, 0.25) is 0 Å². The smallest absolute Gasteiger partial charge is 0.870 e. The van der Waals surface area contributed by atoms with Crippen LogP contribution in [0.1, 0.15) is 76.7 Å². The van der Waals surface area contributed by atoms with E-state index < -0.39 is 10.1 Å². The number of hydrogen-bond donors (Lipinski definition) is 1. The first-order valence-corrected chi connectivity index (χ1v) is 12.4. The van der Waals surface area contributed by atoms with Crippen LogP contribution in [0, 0.1) is 0 Å². The zero-order valence-electron chi connectivity index (χ0n) is 18.8. The van der Waals surface area contributed by atoms with E-state index >= 15 is 0 Å². The maximum absolute atomic E-state index is 12.1. The topological polar surface area (TPSA) is 86.7 Å². The molecular weight excluding hydrogens is 439 g/mol. The fourth-order valence-electron chi connectivity index (χ4n) is 3.41. The Kier molecular flexibility index (Phi) is 14.2. The Bertz CT molecular complexity index is 866. The largest absolute Gasteiger partial charge is 1.00 e. The molecule has 2 aromatic rings. The number of hydrogen-bond acceptors (Lipinski definition) is 4. The SMILES string of the molecule is CCCCCCCCCCCCc1ccc([O-])c(Oc2ccc(S(=O)(=O)O)cc2)c1.[K+]. The predicted octanol–water partition coefficient (Wildman–Crippen LogP) is 3.27. The fraction of sp³-hybridized carbons (Fsp3) is 0.500. The predicted molar refractivity (Wildman–Crippen MR) is 118 cm³/mol. The summed E-state index contributed by atoms with van der Waals surface area (Å²) < 4.78 is 36.9. The van der Waals surface area contributed by atoms with Gasteiger partial charge in [-0.25, -0.2) is 0 Å². The number of aryl methyl sites for hydroxylation is 1. The Morgan fingerprint density at radius 2 is 1.39 bits per heavy atom. The van der Waals surface area contributed by atoms with Crippen LogP contribution in [0.3, 0.4) is 0 Å². The first-order chi connectivity index (χ1) is 14.4. The summed E-state index contributed by atoms with van der Waals surface area (Å²) in [6.45, 7) is 2.24. The third kappa shape index (κ3) is 11.3. The molecule has 166 valence electrons. The molecule has 0 saturated heterocycles. The molecule has 0 heterocycles. The summed E-state index contributed by atoms with van der Waals surface area (Å²) in [5.41, 5.74) is 1.05. The van der Waals surface area contributed by atoms with E-state index in [0.29, 0.717) is 5.75 Å². The van der Waals surface area contributed by atoms with Crippen LogP contribution in [0.4, 0.5) is 0 Å². The van der Waals surface area contributed by atoms with Gasteiger partial charge in [0.25, 0.3) is 10.1 Å². The standard InChI is InChI=1S/C24H34O5S.K/c1-2-3-4-5-6-7-8-9-10-11-12-20-13-18-23(25)24(19-20)29-21-14-16-22(17-15-21)30(26,27)28;/h13-19,25H,2-12H2,1H3,(H,26,27,28);/q;+1/p-1. The average Bonchev–Trinajstić information content (AvgIpc) is 2.71. The van der Waals surface area contributed by atoms with Gasteiger partial charge in [0, 0.05) is 0 Å². The van der Waals surface area contributed by atoms with Gasteiger partial charge in [-0.05, 0) is 48.7 Å². The van der Waals surface area contributed by atoms with Gasteiger partial charge in [-0.2, -0.15) is 8.42 Å². The molecule has 0 atom stereocenters. The van der Waals surface area contributed by atoms with Gasteiger partial charge in [-0.3, -0.25) is 4.55 Å². The summed E-state index contributed by atoms with van der Waals surface area (Å²) in [6, 6.07) is 10.4. The Morgan fingerprint density at radius 1 is 0.839 bits per heavy atom. The van der Waals surface area contributed by atoms with Crippen molar-refractivity contribution in [2.24, 2.45) is 0 Å². The van der Waals surface area contributed by atoms with Gasteiger partial charge < -0.3 is 9.84 Å². The van der Waals surface area contributed by atoms with Gasteiger partial charge in [0.15, 0.2) is 0 Å². The maximum atomic E-state index is 12.1. The summed E-state index contributed by atoms with van der Waals surface area (Å²) in [5.74, 6) is 0.343. The van der Waals surface area contributed by atoms with Crippen LogP contribution in [0.2, 0.25) is 0 Å². The van der Waals surface area contributed by atoms with E-state index in [-0.39, 0.29) is 67.8 Å². The van der Waals surface area contributed by atoms with Crippen LogP contribution in [0.15, 0.2) is 47.4 Å². The Morgan fingerprint density at radius 3 is 1.94 bits per heavy atom. The molecule has 0 bridgehead atoms. The van der Waals surface area contributed by atoms with Crippen molar-refractivity contribution >= 4 is 10.1 Å². The molecule has 31 heavy (non-hydrogen) atoms. The third-order valence-electron chi connectivity index (χ3n) is 5.18. The van der Waals surface area contributed by atoms with Gasteiger partial charge in [0.1, 0.15) is 11.5 Å². The molecule has 0 unspecified atom stereocenters. The van der Waals surface area contributed by atoms with E-state index in [9.17, 15) is 13.5 Å². The van der Waals surface area contributed by atoms with Crippen molar-refractivity contribution < 1.29 is 74.2 Å². The molecule has 0 radical (unpaired) electrons. The molecule has 0 spiro atoms. The van der Waals surface area contributed by atoms with Crippen molar-refractivity contribution in [2.45, 2.75) is 82.4 Å². The van der Waals surface area contributed by atoms with Crippen molar-refractivity contribution in [2.75, 3.05) is 0 Å². The maximum Gasteiger partial charge on any atom is 1.00 e. The van der Waals surface area contributed by atoms with Gasteiger partial charge in [-0.1, -0.05) is 82.6 Å². The molecule has 2 aromatic carbocycles. The number of rotatable bonds is 14. The summed E-state index contributed by atoms with van der Waals surface area (Å²) in [5, 5.41) is 12.1. The summed E-state index contributed by atoms with van der Waals surface area (Å²) >= 11 is 0. The third-order valence-corrected chi connectivity index (χ3v) is 6.04. The molecule has 0 aromatic heterocycles. The number of benzene rings is 2. The number of ether oxygens (including phenoxy) is 1. The molecule has 0 fully saturated rings. The molecule has 0 saturated carbocycles. The molecule has 0 amide bonds. The van der Waals surface area contributed by atoms with Crippen LogP contribution in [-0.4, -0.2) is 13.0 Å². The first-order valence-electron chi connectivity index (χ1n) is 11.0. The van der Waals surface area contributed by atoms with Crippen LogP contribution in [0.25, 0.3) is 0 Å². The molecule has 0 aliphatic carbocycles. The van der Waals surface area contributed by atoms with Gasteiger partial charge in [0.05, 0.1) is 4.90 Å². The van der Waals surface area contributed by atoms with Crippen LogP contribution in [0.5, 0.6) is 17.2 Å². The monoisotopic (exact) mass is 472 g/mol. The van der Waals surface area contributed by atoms with Crippen molar-refractivity contribution in [3.8, 4) is 17.2 Å². The zero-order chi connectivity index (χ0) is 21.8. The summed E-state index contributed by atoms with van der Waals surface area (Å²) in [4.78, 5) is -0.216. The van der Waals surface area contributed by atoms with E-state index in [1.165, 1.54) is 88.1 Å². The minimum Gasteiger partial charge on any atom is -0.870 e. The van der Waals surface area contributed by atoms with E-state index in [0.717, 1.165) is 18.4 Å². The van der Waals surface area contributed by atoms with Crippen molar-refractivity contribution in [1.82, 2.24) is 0 Å². The fourth-order valence-corrected chi connectivity index (χ4v) is 3.89. The molecule has 0 aliphatic rings. The second kappa shape index (κ2) is 15.4. The summed E-state index contributed by atoms with van der Waals surface area (Å²) in [6.07, 6.45) is 13.7. The quantitative estimate of drug-likeness (QED) is 0.259. The minimum absolute atomic E-state index is 0. The van der Waals surface area contributed by atoms with Crippen LogP contribution >= 0.6 is 0 Å². The van der Waals surface area contributed by atoms with E-state index in [1.54, 1.807) is 6.07 Å². The Labute approximate surface area is 229 Å². The van der Waals surface area contributed by atoms with Crippen LogP contribution in [-0.2, 0) is 16.5 Å². The molecule has 0 aliphatic heterocycles. The second-order valence-corrected chi connectivity index (χ2v) is 9.18. The van der Waals surface area contributed by atoms with E-state index in [4.69, 9.17) is 9.29 Å². The first kappa shape index (κ1) is 28.6. The second-order valence-electron chi connectivity index (χ2n) is 7.76. The van der Waals surface area contributed by atoms with Gasteiger partial charge in [-0.15, -0.1) is 0 Å². The molecule has 1 N–H and O–H groups in total. The molecular formula is C24H33KO5S.